The maximum Gasteiger partial charge on any atom is 0.283 e. The molecule has 6 heteroatoms. The van der Waals surface area contributed by atoms with Crippen LogP contribution in [0.1, 0.15) is 43.2 Å². The molecule has 0 spiro atoms. The number of thioether (sulfide) groups is 1. The first-order valence-electron chi connectivity index (χ1n) is 10.7. The monoisotopic (exact) mass is 454 g/mol. The van der Waals surface area contributed by atoms with Crippen LogP contribution in [-0.2, 0) is 9.59 Å². The van der Waals surface area contributed by atoms with E-state index in [4.69, 9.17) is 11.6 Å². The van der Waals surface area contributed by atoms with Gasteiger partial charge in [0.15, 0.2) is 0 Å². The van der Waals surface area contributed by atoms with E-state index in [9.17, 15) is 9.59 Å². The number of carbonyl (C=O) groups excluding carboxylic acids is 2. The molecule has 1 saturated carbocycles. The van der Waals surface area contributed by atoms with Crippen molar-refractivity contribution in [1.29, 1.82) is 0 Å². The molecule has 31 heavy (non-hydrogen) atoms. The van der Waals surface area contributed by atoms with E-state index in [1.165, 1.54) is 23.1 Å². The van der Waals surface area contributed by atoms with Gasteiger partial charge < -0.3 is 4.90 Å². The minimum Gasteiger partial charge on any atom is -0.366 e. The summed E-state index contributed by atoms with van der Waals surface area (Å²) in [5.41, 5.74) is 3.08. The standard InChI is InChI=1S/C25H27ClN2O2S/c1-16-9-13-20(14-10-16)31-23-22(27(3)18-7-5-4-6-8-18)24(29)28(25(23)30)19-12-11-17(2)21(26)15-19/h9-15,18H,4-8H2,1-3H3. The summed E-state index contributed by atoms with van der Waals surface area (Å²) in [7, 11) is 1.96. The summed E-state index contributed by atoms with van der Waals surface area (Å²) in [6.07, 6.45) is 5.63. The number of aryl methyl sites for hydroxylation is 2. The second-order valence-corrected chi connectivity index (χ2v) is 9.87. The molecule has 0 radical (unpaired) electrons. The van der Waals surface area contributed by atoms with E-state index in [-0.39, 0.29) is 17.9 Å². The van der Waals surface area contributed by atoms with E-state index in [0.717, 1.165) is 41.7 Å². The number of amides is 2. The van der Waals surface area contributed by atoms with Gasteiger partial charge in [-0.3, -0.25) is 9.59 Å². The van der Waals surface area contributed by atoms with E-state index in [0.29, 0.717) is 21.3 Å². The Morgan fingerprint density at radius 2 is 1.65 bits per heavy atom. The van der Waals surface area contributed by atoms with E-state index in [2.05, 4.69) is 0 Å². The third kappa shape index (κ3) is 4.39. The summed E-state index contributed by atoms with van der Waals surface area (Å²) in [5.74, 6) is -0.555. The number of carbonyl (C=O) groups is 2. The molecule has 2 aromatic rings. The van der Waals surface area contributed by atoms with E-state index in [1.54, 1.807) is 12.1 Å². The van der Waals surface area contributed by atoms with Crippen molar-refractivity contribution in [1.82, 2.24) is 4.90 Å². The summed E-state index contributed by atoms with van der Waals surface area (Å²) in [6, 6.07) is 13.6. The molecule has 162 valence electrons. The first kappa shape index (κ1) is 22.0. The molecule has 0 aromatic heterocycles. The average molecular weight is 455 g/mol. The van der Waals surface area contributed by atoms with Gasteiger partial charge in [-0.1, -0.05) is 66.4 Å². The fraction of sp³-hybridized carbons (Fsp3) is 0.360. The highest BCUT2D eigenvalue weighted by atomic mass is 35.5. The number of anilines is 1. The van der Waals surface area contributed by atoms with Crippen molar-refractivity contribution in [2.45, 2.75) is 56.9 Å². The Bertz CT molecular complexity index is 1040. The highest BCUT2D eigenvalue weighted by Gasteiger charge is 2.43. The first-order valence-corrected chi connectivity index (χ1v) is 11.9. The smallest absolute Gasteiger partial charge is 0.283 e. The Labute approximate surface area is 193 Å². The van der Waals surface area contributed by atoms with E-state index < -0.39 is 0 Å². The number of hydrogen-bond donors (Lipinski definition) is 0. The maximum atomic E-state index is 13.6. The lowest BCUT2D eigenvalue weighted by atomic mass is 9.94. The fourth-order valence-corrected chi connectivity index (χ4v) is 5.42. The van der Waals surface area contributed by atoms with Crippen LogP contribution in [0.15, 0.2) is 58.0 Å². The van der Waals surface area contributed by atoms with Crippen LogP contribution in [0.2, 0.25) is 5.02 Å². The number of benzene rings is 2. The molecule has 0 N–H and O–H groups in total. The molecule has 1 aliphatic carbocycles. The normalized spacial score (nSPS) is 17.6. The molecule has 4 nitrogen and oxygen atoms in total. The van der Waals surface area contributed by atoms with Crippen molar-refractivity contribution < 1.29 is 9.59 Å². The molecule has 2 amide bonds. The third-order valence-corrected chi connectivity index (χ3v) is 7.63. The molecule has 0 saturated heterocycles. The Morgan fingerprint density at radius 3 is 2.29 bits per heavy atom. The molecular weight excluding hydrogens is 428 g/mol. The SMILES string of the molecule is Cc1ccc(SC2=C(N(C)C3CCCCC3)C(=O)N(c3ccc(C)c(Cl)c3)C2=O)cc1. The van der Waals surface area contributed by atoms with E-state index in [1.807, 2.05) is 56.1 Å². The average Bonchev–Trinajstić information content (AvgIpc) is 3.01. The van der Waals surface area contributed by atoms with Crippen LogP contribution >= 0.6 is 23.4 Å². The summed E-state index contributed by atoms with van der Waals surface area (Å²) < 4.78 is 0. The number of hydrogen-bond acceptors (Lipinski definition) is 4. The van der Waals surface area contributed by atoms with Gasteiger partial charge in [0.25, 0.3) is 11.8 Å². The van der Waals surface area contributed by atoms with Crippen LogP contribution in [0.5, 0.6) is 0 Å². The zero-order chi connectivity index (χ0) is 22.1. The number of imide groups is 1. The number of likely N-dealkylation sites (N-methyl/N-ethyl adjacent to an activating group) is 1. The molecule has 0 bridgehead atoms. The Balaban J connectivity index is 1.74. The van der Waals surface area contributed by atoms with Crippen LogP contribution in [0.25, 0.3) is 0 Å². The molecule has 0 unspecified atom stereocenters. The minimum atomic E-state index is -0.284. The summed E-state index contributed by atoms with van der Waals surface area (Å²) >= 11 is 7.68. The van der Waals surface area contributed by atoms with Crippen molar-refractivity contribution in [3.05, 3.63) is 69.2 Å². The Hall–Kier alpha value is -2.24. The van der Waals surface area contributed by atoms with Gasteiger partial charge in [-0.05, 0) is 56.5 Å². The second kappa shape index (κ2) is 9.09. The molecule has 1 heterocycles. The number of rotatable bonds is 5. The Morgan fingerprint density at radius 1 is 0.968 bits per heavy atom. The summed E-state index contributed by atoms with van der Waals surface area (Å²) in [4.78, 5) is 31.9. The van der Waals surface area contributed by atoms with Gasteiger partial charge in [-0.25, -0.2) is 4.90 Å². The first-order chi connectivity index (χ1) is 14.9. The molecule has 4 rings (SSSR count). The molecule has 1 fully saturated rings. The van der Waals surface area contributed by atoms with Gasteiger partial charge in [0.05, 0.1) is 5.69 Å². The predicted molar refractivity (Wildman–Crippen MR) is 127 cm³/mol. The highest BCUT2D eigenvalue weighted by molar-refractivity contribution is 8.04. The predicted octanol–water partition coefficient (Wildman–Crippen LogP) is 6.10. The molecule has 0 atom stereocenters. The zero-order valence-corrected chi connectivity index (χ0v) is 19.7. The van der Waals surface area contributed by atoms with Gasteiger partial charge in [-0.15, -0.1) is 0 Å². The topological polar surface area (TPSA) is 40.6 Å². The molecule has 2 aromatic carbocycles. The lowest BCUT2D eigenvalue weighted by Crippen LogP contribution is -2.38. The highest BCUT2D eigenvalue weighted by Crippen LogP contribution is 2.40. The van der Waals surface area contributed by atoms with Crippen LogP contribution in [-0.4, -0.2) is 29.8 Å². The van der Waals surface area contributed by atoms with Crippen LogP contribution in [0, 0.1) is 13.8 Å². The zero-order valence-electron chi connectivity index (χ0n) is 18.2. The quantitative estimate of drug-likeness (QED) is 0.512. The van der Waals surface area contributed by atoms with Crippen molar-refractivity contribution in [2.75, 3.05) is 11.9 Å². The fourth-order valence-electron chi connectivity index (χ4n) is 4.23. The second-order valence-electron chi connectivity index (χ2n) is 8.37. The number of nitrogens with zero attached hydrogens (tertiary/aromatic N) is 2. The molecular formula is C25H27ClN2O2S. The minimum absolute atomic E-state index is 0.271. The lowest BCUT2D eigenvalue weighted by Gasteiger charge is -2.33. The summed E-state index contributed by atoms with van der Waals surface area (Å²) in [6.45, 7) is 3.93. The van der Waals surface area contributed by atoms with Gasteiger partial charge >= 0.3 is 0 Å². The molecule has 1 aliphatic heterocycles. The van der Waals surface area contributed by atoms with Crippen molar-refractivity contribution >= 4 is 40.9 Å². The number of halogens is 1. The molecule has 2 aliphatic rings. The van der Waals surface area contributed by atoms with Gasteiger partial charge in [0, 0.05) is 23.0 Å². The van der Waals surface area contributed by atoms with Crippen LogP contribution in [0.3, 0.4) is 0 Å². The van der Waals surface area contributed by atoms with Crippen molar-refractivity contribution in [3.8, 4) is 0 Å². The Kier molecular flexibility index (Phi) is 6.44. The van der Waals surface area contributed by atoms with Crippen molar-refractivity contribution in [2.24, 2.45) is 0 Å². The van der Waals surface area contributed by atoms with Crippen LogP contribution < -0.4 is 4.90 Å². The van der Waals surface area contributed by atoms with Crippen LogP contribution in [0.4, 0.5) is 5.69 Å². The maximum absolute atomic E-state index is 13.6. The third-order valence-electron chi connectivity index (χ3n) is 6.15. The summed E-state index contributed by atoms with van der Waals surface area (Å²) in [5, 5.41) is 0.542. The van der Waals surface area contributed by atoms with Gasteiger partial charge in [0.2, 0.25) is 0 Å². The van der Waals surface area contributed by atoms with E-state index >= 15 is 0 Å². The van der Waals surface area contributed by atoms with Gasteiger partial charge in [-0.2, -0.15) is 0 Å². The lowest BCUT2D eigenvalue weighted by molar-refractivity contribution is -0.121. The van der Waals surface area contributed by atoms with Crippen molar-refractivity contribution in [3.63, 3.8) is 0 Å². The largest absolute Gasteiger partial charge is 0.366 e. The van der Waals surface area contributed by atoms with Gasteiger partial charge in [0.1, 0.15) is 10.6 Å².